The second-order valence-electron chi connectivity index (χ2n) is 5.01. The molecule has 1 saturated heterocycles. The Bertz CT molecular complexity index is 465. The topological polar surface area (TPSA) is 52.6 Å². The predicted octanol–water partition coefficient (Wildman–Crippen LogP) is 2.93. The Labute approximate surface area is 118 Å². The highest BCUT2D eigenvalue weighted by atomic mass is 35.5. The molecule has 2 rings (SSSR count). The molecule has 0 aliphatic carbocycles. The summed E-state index contributed by atoms with van der Waals surface area (Å²) in [4.78, 5) is 13.2. The number of hydrogen-bond donors (Lipinski definition) is 2. The summed E-state index contributed by atoms with van der Waals surface area (Å²) in [7, 11) is 2.14. The van der Waals surface area contributed by atoms with Crippen LogP contribution in [0.25, 0.3) is 0 Å². The zero-order chi connectivity index (χ0) is 13.8. The Morgan fingerprint density at radius 2 is 2.32 bits per heavy atom. The maximum Gasteiger partial charge on any atom is 0.337 e. The molecule has 4 nitrogen and oxygen atoms in total. The molecule has 0 radical (unpaired) electrons. The van der Waals surface area contributed by atoms with Crippen molar-refractivity contribution in [2.24, 2.45) is 0 Å². The van der Waals surface area contributed by atoms with Crippen LogP contribution in [0.1, 0.15) is 29.6 Å². The number of carbonyl (C=O) groups is 1. The van der Waals surface area contributed by atoms with Crippen molar-refractivity contribution in [3.05, 3.63) is 28.8 Å². The van der Waals surface area contributed by atoms with Crippen molar-refractivity contribution in [2.75, 3.05) is 25.5 Å². The van der Waals surface area contributed by atoms with E-state index in [9.17, 15) is 4.79 Å². The first-order valence-electron chi connectivity index (χ1n) is 6.55. The van der Waals surface area contributed by atoms with E-state index in [1.807, 2.05) is 0 Å². The third-order valence-electron chi connectivity index (χ3n) is 3.66. The van der Waals surface area contributed by atoms with Crippen LogP contribution in [-0.2, 0) is 0 Å². The third kappa shape index (κ3) is 3.61. The molecule has 0 saturated carbocycles. The number of likely N-dealkylation sites (tertiary alicyclic amines) is 1. The van der Waals surface area contributed by atoms with E-state index in [4.69, 9.17) is 16.7 Å². The van der Waals surface area contributed by atoms with Gasteiger partial charge in [0.2, 0.25) is 0 Å². The average molecular weight is 283 g/mol. The van der Waals surface area contributed by atoms with Gasteiger partial charge in [0.05, 0.1) is 10.6 Å². The predicted molar refractivity (Wildman–Crippen MR) is 77.2 cm³/mol. The number of benzene rings is 1. The largest absolute Gasteiger partial charge is 0.478 e. The molecule has 1 aliphatic rings. The zero-order valence-electron chi connectivity index (χ0n) is 11.0. The number of hydrogen-bond acceptors (Lipinski definition) is 3. The fraction of sp³-hybridized carbons (Fsp3) is 0.500. The lowest BCUT2D eigenvalue weighted by Gasteiger charge is -2.32. The van der Waals surface area contributed by atoms with E-state index in [1.165, 1.54) is 25.3 Å². The van der Waals surface area contributed by atoms with Crippen LogP contribution < -0.4 is 5.32 Å². The van der Waals surface area contributed by atoms with E-state index in [1.54, 1.807) is 12.1 Å². The molecule has 1 aromatic rings. The maximum absolute atomic E-state index is 10.9. The zero-order valence-corrected chi connectivity index (χ0v) is 11.8. The van der Waals surface area contributed by atoms with Crippen LogP contribution in [0, 0.1) is 0 Å². The lowest BCUT2D eigenvalue weighted by Crippen LogP contribution is -2.40. The van der Waals surface area contributed by atoms with Gasteiger partial charge in [-0.15, -0.1) is 0 Å². The molecule has 104 valence electrons. The first-order valence-corrected chi connectivity index (χ1v) is 6.92. The molecule has 1 atom stereocenters. The van der Waals surface area contributed by atoms with Crippen LogP contribution in [0.4, 0.5) is 5.69 Å². The van der Waals surface area contributed by atoms with Gasteiger partial charge in [-0.25, -0.2) is 4.79 Å². The van der Waals surface area contributed by atoms with Crippen molar-refractivity contribution in [1.82, 2.24) is 4.90 Å². The number of rotatable bonds is 4. The molecule has 0 spiro atoms. The van der Waals surface area contributed by atoms with Crippen molar-refractivity contribution in [3.63, 3.8) is 0 Å². The molecule has 5 heteroatoms. The first kappa shape index (κ1) is 14.2. The van der Waals surface area contributed by atoms with Gasteiger partial charge in [0, 0.05) is 18.3 Å². The monoisotopic (exact) mass is 282 g/mol. The van der Waals surface area contributed by atoms with Crippen molar-refractivity contribution in [3.8, 4) is 0 Å². The Kier molecular flexibility index (Phi) is 4.66. The van der Waals surface area contributed by atoms with E-state index in [2.05, 4.69) is 17.3 Å². The fourth-order valence-electron chi connectivity index (χ4n) is 2.44. The van der Waals surface area contributed by atoms with E-state index in [0.717, 1.165) is 18.8 Å². The number of piperidine rings is 1. The summed E-state index contributed by atoms with van der Waals surface area (Å²) in [6.45, 7) is 2.00. The number of halogens is 1. The van der Waals surface area contributed by atoms with E-state index >= 15 is 0 Å². The number of aromatic carboxylic acids is 1. The van der Waals surface area contributed by atoms with E-state index in [-0.39, 0.29) is 10.6 Å². The summed E-state index contributed by atoms with van der Waals surface area (Å²) in [5, 5.41) is 12.5. The van der Waals surface area contributed by atoms with E-state index in [0.29, 0.717) is 6.04 Å². The number of nitrogens with zero attached hydrogens (tertiary/aromatic N) is 1. The molecule has 0 aromatic heterocycles. The quantitative estimate of drug-likeness (QED) is 0.891. The van der Waals surface area contributed by atoms with Gasteiger partial charge in [0.25, 0.3) is 0 Å². The molecule has 1 heterocycles. The number of carboxylic acid groups (broad SMARTS) is 1. The minimum atomic E-state index is -0.997. The molecule has 2 N–H and O–H groups in total. The lowest BCUT2D eigenvalue weighted by molar-refractivity contribution is 0.0697. The van der Waals surface area contributed by atoms with Crippen molar-refractivity contribution >= 4 is 23.3 Å². The maximum atomic E-state index is 10.9. The van der Waals surface area contributed by atoms with Gasteiger partial charge in [-0.1, -0.05) is 18.0 Å². The normalized spacial score (nSPS) is 20.2. The van der Waals surface area contributed by atoms with Crippen LogP contribution >= 0.6 is 11.6 Å². The van der Waals surface area contributed by atoms with Gasteiger partial charge in [-0.05, 0) is 44.6 Å². The summed E-state index contributed by atoms with van der Waals surface area (Å²) >= 11 is 5.94. The van der Waals surface area contributed by atoms with Crippen LogP contribution in [0.3, 0.4) is 0 Å². The van der Waals surface area contributed by atoms with Gasteiger partial charge < -0.3 is 15.3 Å². The molecular weight excluding hydrogens is 264 g/mol. The second-order valence-corrected chi connectivity index (χ2v) is 5.42. The smallest absolute Gasteiger partial charge is 0.337 e. The van der Waals surface area contributed by atoms with Gasteiger partial charge >= 0.3 is 5.97 Å². The summed E-state index contributed by atoms with van der Waals surface area (Å²) in [5.41, 5.74) is 1.01. The molecule has 0 bridgehead atoms. The number of likely N-dealkylation sites (N-methyl/N-ethyl adjacent to an activating group) is 1. The summed E-state index contributed by atoms with van der Waals surface area (Å²) in [5.74, 6) is -0.997. The van der Waals surface area contributed by atoms with Crippen LogP contribution in [-0.4, -0.2) is 42.2 Å². The van der Waals surface area contributed by atoms with E-state index < -0.39 is 5.97 Å². The Morgan fingerprint density at radius 3 is 2.95 bits per heavy atom. The minimum absolute atomic E-state index is 0.141. The van der Waals surface area contributed by atoms with Gasteiger partial charge in [0.15, 0.2) is 0 Å². The highest BCUT2D eigenvalue weighted by Crippen LogP contribution is 2.22. The van der Waals surface area contributed by atoms with Gasteiger partial charge in [-0.2, -0.15) is 0 Å². The van der Waals surface area contributed by atoms with Crippen molar-refractivity contribution in [2.45, 2.75) is 25.3 Å². The summed E-state index contributed by atoms with van der Waals surface area (Å²) < 4.78 is 0. The van der Waals surface area contributed by atoms with Gasteiger partial charge in [0.1, 0.15) is 0 Å². The summed E-state index contributed by atoms with van der Waals surface area (Å²) in [6, 6.07) is 5.51. The number of nitrogens with one attached hydrogen (secondary N) is 1. The number of carboxylic acids is 1. The summed E-state index contributed by atoms with van der Waals surface area (Å²) in [6.07, 6.45) is 3.74. The number of anilines is 1. The van der Waals surface area contributed by atoms with Crippen LogP contribution in [0.2, 0.25) is 5.02 Å². The molecule has 1 fully saturated rings. The second kappa shape index (κ2) is 6.26. The Morgan fingerprint density at radius 1 is 1.53 bits per heavy atom. The van der Waals surface area contributed by atoms with Crippen LogP contribution in [0.5, 0.6) is 0 Å². The Balaban J connectivity index is 1.96. The molecule has 0 amide bonds. The highest BCUT2D eigenvalue weighted by Gasteiger charge is 2.18. The molecule has 1 unspecified atom stereocenters. The minimum Gasteiger partial charge on any atom is -0.478 e. The lowest BCUT2D eigenvalue weighted by atomic mass is 10.0. The van der Waals surface area contributed by atoms with Crippen LogP contribution in [0.15, 0.2) is 18.2 Å². The molecular formula is C14H19ClN2O2. The average Bonchev–Trinajstić information content (AvgIpc) is 2.37. The highest BCUT2D eigenvalue weighted by molar-refractivity contribution is 6.33. The van der Waals surface area contributed by atoms with Crippen molar-refractivity contribution in [1.29, 1.82) is 0 Å². The van der Waals surface area contributed by atoms with Gasteiger partial charge in [-0.3, -0.25) is 0 Å². The molecule has 1 aromatic carbocycles. The molecule has 1 aliphatic heterocycles. The standard InChI is InChI=1S/C14H19ClN2O2/c1-17-7-3-2-4-11(17)9-16-10-5-6-12(14(18)19)13(15)8-10/h5-6,8,11,16H,2-4,7,9H2,1H3,(H,18,19). The fourth-order valence-corrected chi connectivity index (χ4v) is 2.70. The first-order chi connectivity index (χ1) is 9.08. The third-order valence-corrected chi connectivity index (χ3v) is 3.98. The SMILES string of the molecule is CN1CCCCC1CNc1ccc(C(=O)O)c(Cl)c1. The van der Waals surface area contributed by atoms with Crippen molar-refractivity contribution < 1.29 is 9.90 Å². The Hall–Kier alpha value is -1.26. The molecule has 19 heavy (non-hydrogen) atoms.